The molecule has 2 amide bonds. The van der Waals surface area contributed by atoms with Gasteiger partial charge in [0.05, 0.1) is 12.1 Å². The molecule has 2 rings (SSSR count). The average Bonchev–Trinajstić information content (AvgIpc) is 2.98. The fraction of sp³-hybridized carbons (Fsp3) is 0.417. The Hall–Kier alpha value is -2.58. The molecule has 142 valence electrons. The molecule has 1 aromatic rings. The molecule has 2 N–H and O–H groups in total. The van der Waals surface area contributed by atoms with E-state index in [1.54, 1.807) is 6.92 Å². The number of ether oxygens (including phenoxy) is 1. The Labute approximate surface area is 151 Å². The van der Waals surface area contributed by atoms with Crippen molar-refractivity contribution in [1.82, 2.24) is 14.6 Å². The van der Waals surface area contributed by atoms with Gasteiger partial charge < -0.3 is 14.9 Å². The van der Waals surface area contributed by atoms with E-state index in [1.807, 2.05) is 0 Å². The first-order chi connectivity index (χ1) is 12.1. The first kappa shape index (κ1) is 19.7. The zero-order chi connectivity index (χ0) is 19.6. The lowest BCUT2D eigenvalue weighted by Crippen LogP contribution is -2.74. The monoisotopic (exact) mass is 406 g/mol. The molecule has 0 bridgehead atoms. The van der Waals surface area contributed by atoms with Crippen LogP contribution in [0.4, 0.5) is 0 Å². The molecular formula is C12H14N4O8S2. The van der Waals surface area contributed by atoms with E-state index in [1.165, 1.54) is 23.8 Å². The molecule has 2 heterocycles. The van der Waals surface area contributed by atoms with Crippen LogP contribution in [0.2, 0.25) is 0 Å². The zero-order valence-electron chi connectivity index (χ0n) is 13.7. The van der Waals surface area contributed by atoms with Crippen molar-refractivity contribution in [1.29, 1.82) is 0 Å². The van der Waals surface area contributed by atoms with Gasteiger partial charge in [-0.2, -0.15) is 12.7 Å². The Morgan fingerprint density at radius 2 is 2.08 bits per heavy atom. The number of esters is 1. The molecule has 0 spiro atoms. The van der Waals surface area contributed by atoms with Crippen molar-refractivity contribution in [2.45, 2.75) is 19.0 Å². The topological polar surface area (TPSA) is 165 Å². The minimum atomic E-state index is -5.00. The first-order valence-corrected chi connectivity index (χ1v) is 9.12. The summed E-state index contributed by atoms with van der Waals surface area (Å²) in [5.41, 5.74) is -0.113. The fourth-order valence-corrected chi connectivity index (χ4v) is 3.62. The summed E-state index contributed by atoms with van der Waals surface area (Å²) in [5.74, 6) is -3.27. The maximum Gasteiger partial charge on any atom is 0.363 e. The second kappa shape index (κ2) is 7.35. The number of rotatable bonds is 6. The Bertz CT molecular complexity index is 878. The number of methoxy groups -OCH3 is 1. The molecule has 1 aromatic heterocycles. The van der Waals surface area contributed by atoms with Crippen molar-refractivity contribution in [2.24, 2.45) is 5.16 Å². The van der Waals surface area contributed by atoms with Crippen molar-refractivity contribution >= 4 is 45.1 Å². The molecule has 26 heavy (non-hydrogen) atoms. The minimum Gasteiger partial charge on any atom is -0.467 e. The third kappa shape index (κ3) is 3.66. The number of thiazole rings is 1. The predicted molar refractivity (Wildman–Crippen MR) is 86.5 cm³/mol. The van der Waals surface area contributed by atoms with Crippen LogP contribution in [-0.4, -0.2) is 72.1 Å². The Balaban J connectivity index is 2.27. The number of aromatic nitrogens is 1. The van der Waals surface area contributed by atoms with Crippen LogP contribution < -0.4 is 5.32 Å². The average molecular weight is 406 g/mol. The molecule has 2 atom stereocenters. The number of nitrogens with one attached hydrogen (secondary N) is 1. The molecule has 1 aliphatic rings. The van der Waals surface area contributed by atoms with Crippen LogP contribution >= 0.6 is 11.3 Å². The van der Waals surface area contributed by atoms with E-state index in [4.69, 9.17) is 4.55 Å². The summed E-state index contributed by atoms with van der Waals surface area (Å²) in [5, 5.41) is 7.88. The second-order valence-corrected chi connectivity index (χ2v) is 7.26. The summed E-state index contributed by atoms with van der Waals surface area (Å²) in [6.07, 6.45) is 0. The number of aryl methyl sites for hydroxylation is 1. The van der Waals surface area contributed by atoms with Crippen LogP contribution in [0, 0.1) is 6.92 Å². The lowest BCUT2D eigenvalue weighted by atomic mass is 9.98. The van der Waals surface area contributed by atoms with Crippen LogP contribution in [0.5, 0.6) is 0 Å². The predicted octanol–water partition coefficient (Wildman–Crippen LogP) is -1.53. The summed E-state index contributed by atoms with van der Waals surface area (Å²) < 4.78 is 35.9. The van der Waals surface area contributed by atoms with E-state index in [9.17, 15) is 22.8 Å². The molecule has 0 aliphatic carbocycles. The molecule has 0 saturated carbocycles. The van der Waals surface area contributed by atoms with Gasteiger partial charge in [0.2, 0.25) is 0 Å². The van der Waals surface area contributed by atoms with Gasteiger partial charge in [-0.15, -0.1) is 11.3 Å². The highest BCUT2D eigenvalue weighted by Gasteiger charge is 2.58. The van der Waals surface area contributed by atoms with Crippen molar-refractivity contribution < 1.29 is 36.9 Å². The summed E-state index contributed by atoms with van der Waals surface area (Å²) >= 11 is 1.24. The van der Waals surface area contributed by atoms with Gasteiger partial charge in [-0.1, -0.05) is 5.16 Å². The van der Waals surface area contributed by atoms with Gasteiger partial charge in [0.1, 0.15) is 18.8 Å². The number of carbonyl (C=O) groups excluding carboxylic acids is 3. The summed E-state index contributed by atoms with van der Waals surface area (Å²) in [7, 11) is -2.85. The number of oxime groups is 1. The molecule has 0 radical (unpaired) electrons. The van der Waals surface area contributed by atoms with E-state index in [0.29, 0.717) is 5.01 Å². The lowest BCUT2D eigenvalue weighted by molar-refractivity contribution is -0.162. The third-order valence-corrected chi connectivity index (χ3v) is 4.97. The number of hydrogen-bond acceptors (Lipinski definition) is 10. The SMILES string of the molecule is CON=C(C(=O)N[C@@H]1C(=O)N(S(=O)(=O)O)[C@@H]1C(=O)OC)c1csc(C)n1. The zero-order valence-corrected chi connectivity index (χ0v) is 15.3. The number of hydrogen-bond donors (Lipinski definition) is 2. The highest BCUT2D eigenvalue weighted by molar-refractivity contribution is 7.84. The largest absolute Gasteiger partial charge is 0.467 e. The van der Waals surface area contributed by atoms with Gasteiger partial charge in [-0.25, -0.2) is 9.78 Å². The Kier molecular flexibility index (Phi) is 5.58. The van der Waals surface area contributed by atoms with E-state index in [0.717, 1.165) is 7.11 Å². The highest BCUT2D eigenvalue weighted by Crippen LogP contribution is 2.25. The molecular weight excluding hydrogens is 392 g/mol. The smallest absolute Gasteiger partial charge is 0.363 e. The molecule has 1 fully saturated rings. The quantitative estimate of drug-likeness (QED) is 0.187. The van der Waals surface area contributed by atoms with Gasteiger partial charge in [0.15, 0.2) is 11.8 Å². The van der Waals surface area contributed by atoms with Gasteiger partial charge in [-0.3, -0.25) is 14.1 Å². The van der Waals surface area contributed by atoms with Gasteiger partial charge in [0, 0.05) is 5.38 Å². The summed E-state index contributed by atoms with van der Waals surface area (Å²) in [4.78, 5) is 44.8. The Morgan fingerprint density at radius 1 is 1.42 bits per heavy atom. The van der Waals surface area contributed by atoms with Crippen LogP contribution in [0.25, 0.3) is 0 Å². The molecule has 12 nitrogen and oxygen atoms in total. The molecule has 1 aliphatic heterocycles. The van der Waals surface area contributed by atoms with E-state index in [-0.39, 0.29) is 15.7 Å². The van der Waals surface area contributed by atoms with E-state index in [2.05, 4.69) is 25.0 Å². The van der Waals surface area contributed by atoms with Crippen LogP contribution in [-0.2, 0) is 34.3 Å². The summed E-state index contributed by atoms with van der Waals surface area (Å²) in [6, 6.07) is -3.31. The normalized spacial score (nSPS) is 20.4. The highest BCUT2D eigenvalue weighted by atomic mass is 32.2. The maximum absolute atomic E-state index is 12.4. The molecule has 14 heteroatoms. The lowest BCUT2D eigenvalue weighted by Gasteiger charge is -2.41. The van der Waals surface area contributed by atoms with Gasteiger partial charge in [0.25, 0.3) is 11.8 Å². The fourth-order valence-electron chi connectivity index (χ4n) is 2.19. The standard InChI is InChI=1S/C12H14N4O8S2/c1-5-13-6(4-25-5)7(15-24-3)10(17)14-8-9(12(19)23-2)16(11(8)18)26(20,21)22/h4,8-9H,1-3H3,(H,14,17)(H,20,21,22)/t8-,9-/m0/s1. The Morgan fingerprint density at radius 3 is 2.54 bits per heavy atom. The van der Waals surface area contributed by atoms with E-state index >= 15 is 0 Å². The number of carbonyl (C=O) groups is 3. The first-order valence-electron chi connectivity index (χ1n) is 6.84. The van der Waals surface area contributed by atoms with Crippen LogP contribution in [0.3, 0.4) is 0 Å². The van der Waals surface area contributed by atoms with Gasteiger partial charge >= 0.3 is 16.3 Å². The van der Waals surface area contributed by atoms with E-state index < -0.39 is 40.2 Å². The van der Waals surface area contributed by atoms with Crippen LogP contribution in [0.15, 0.2) is 10.5 Å². The number of nitrogens with zero attached hydrogens (tertiary/aromatic N) is 3. The maximum atomic E-state index is 12.4. The second-order valence-electron chi connectivity index (χ2n) is 4.91. The van der Waals surface area contributed by atoms with Crippen molar-refractivity contribution in [2.75, 3.05) is 14.2 Å². The van der Waals surface area contributed by atoms with Crippen LogP contribution in [0.1, 0.15) is 10.7 Å². The van der Waals surface area contributed by atoms with Crippen molar-refractivity contribution in [3.05, 3.63) is 16.1 Å². The minimum absolute atomic E-state index is 0.0795. The third-order valence-electron chi connectivity index (χ3n) is 3.29. The molecule has 1 saturated heterocycles. The molecule has 0 aromatic carbocycles. The van der Waals surface area contributed by atoms with Gasteiger partial charge in [-0.05, 0) is 6.92 Å². The van der Waals surface area contributed by atoms with Crippen molar-refractivity contribution in [3.8, 4) is 0 Å². The molecule has 0 unspecified atom stereocenters. The van der Waals surface area contributed by atoms with Crippen molar-refractivity contribution in [3.63, 3.8) is 0 Å². The summed E-state index contributed by atoms with van der Waals surface area (Å²) in [6.45, 7) is 1.70. The number of amides is 2. The number of β-lactam (4-membered cyclic amide) rings is 1.